The standard InChI is InChI=1S/C9H6FN3O4/c10-4-1-2-5-6(3-4)11-9(15)7(13(16)17)12-8(5)14/h1-3,7H,(H,11,15)(H,12,14). The minimum atomic E-state index is -1.88. The first-order chi connectivity index (χ1) is 7.99. The summed E-state index contributed by atoms with van der Waals surface area (Å²) >= 11 is 0. The first-order valence-electron chi connectivity index (χ1n) is 4.54. The number of fused-ring (bicyclic) bond motifs is 1. The Balaban J connectivity index is 2.46. The molecule has 7 nitrogen and oxygen atoms in total. The first kappa shape index (κ1) is 11.0. The Kier molecular flexibility index (Phi) is 2.47. The second-order valence-electron chi connectivity index (χ2n) is 3.34. The zero-order chi connectivity index (χ0) is 12.6. The number of nitrogens with one attached hydrogen (secondary N) is 2. The lowest BCUT2D eigenvalue weighted by Crippen LogP contribution is -2.46. The van der Waals surface area contributed by atoms with Gasteiger partial charge in [0.1, 0.15) is 5.82 Å². The van der Waals surface area contributed by atoms with Gasteiger partial charge in [0.05, 0.1) is 16.2 Å². The summed E-state index contributed by atoms with van der Waals surface area (Å²) in [5.41, 5.74) is -0.110. The van der Waals surface area contributed by atoms with E-state index in [1.807, 2.05) is 5.32 Å². The minimum Gasteiger partial charge on any atom is -0.317 e. The van der Waals surface area contributed by atoms with E-state index in [0.29, 0.717) is 0 Å². The number of benzene rings is 1. The van der Waals surface area contributed by atoms with Crippen LogP contribution in [-0.4, -0.2) is 22.9 Å². The Bertz CT molecular complexity index is 531. The van der Waals surface area contributed by atoms with Crippen LogP contribution in [0.15, 0.2) is 18.2 Å². The Hall–Kier alpha value is -2.51. The normalized spacial score (nSPS) is 18.8. The van der Waals surface area contributed by atoms with Gasteiger partial charge in [-0.1, -0.05) is 0 Å². The third-order valence-corrected chi connectivity index (χ3v) is 2.21. The van der Waals surface area contributed by atoms with E-state index in [0.717, 1.165) is 18.2 Å². The molecule has 1 heterocycles. The SMILES string of the molecule is O=C1NC([N+](=O)[O-])C(=O)Nc2cc(F)ccc21. The molecular formula is C9H6FN3O4. The molecule has 1 unspecified atom stereocenters. The van der Waals surface area contributed by atoms with Crippen LogP contribution < -0.4 is 10.6 Å². The van der Waals surface area contributed by atoms with Crippen LogP contribution in [0.2, 0.25) is 0 Å². The number of hydrogen-bond donors (Lipinski definition) is 2. The summed E-state index contributed by atoms with van der Waals surface area (Å²) in [4.78, 5) is 32.5. The van der Waals surface area contributed by atoms with E-state index in [-0.39, 0.29) is 11.3 Å². The molecule has 0 aromatic heterocycles. The molecule has 2 N–H and O–H groups in total. The summed E-state index contributed by atoms with van der Waals surface area (Å²) in [5, 5.41) is 14.6. The molecule has 0 spiro atoms. The van der Waals surface area contributed by atoms with Gasteiger partial charge < -0.3 is 5.32 Å². The van der Waals surface area contributed by atoms with Crippen LogP contribution in [0.5, 0.6) is 0 Å². The van der Waals surface area contributed by atoms with Crippen molar-refractivity contribution in [2.45, 2.75) is 6.17 Å². The van der Waals surface area contributed by atoms with Gasteiger partial charge in [-0.05, 0) is 18.2 Å². The quantitative estimate of drug-likeness (QED) is 0.536. The number of amides is 2. The summed E-state index contributed by atoms with van der Waals surface area (Å²) < 4.78 is 12.9. The Labute approximate surface area is 93.8 Å². The van der Waals surface area contributed by atoms with E-state index in [1.54, 1.807) is 0 Å². The van der Waals surface area contributed by atoms with Crippen LogP contribution in [0, 0.1) is 15.9 Å². The third kappa shape index (κ3) is 1.92. The smallest absolute Gasteiger partial charge is 0.317 e. The highest BCUT2D eigenvalue weighted by atomic mass is 19.1. The summed E-state index contributed by atoms with van der Waals surface area (Å²) in [7, 11) is 0. The van der Waals surface area contributed by atoms with E-state index in [2.05, 4.69) is 5.32 Å². The van der Waals surface area contributed by atoms with Gasteiger partial charge >= 0.3 is 12.1 Å². The molecule has 1 aliphatic rings. The maximum Gasteiger partial charge on any atom is 0.365 e. The second-order valence-corrected chi connectivity index (χ2v) is 3.34. The van der Waals surface area contributed by atoms with E-state index in [9.17, 15) is 24.1 Å². The van der Waals surface area contributed by atoms with Crippen LogP contribution in [0.1, 0.15) is 10.4 Å². The van der Waals surface area contributed by atoms with Gasteiger partial charge in [-0.2, -0.15) is 0 Å². The zero-order valence-electron chi connectivity index (χ0n) is 8.27. The van der Waals surface area contributed by atoms with Crippen LogP contribution >= 0.6 is 0 Å². The lowest BCUT2D eigenvalue weighted by atomic mass is 10.1. The van der Waals surface area contributed by atoms with Crippen molar-refractivity contribution < 1.29 is 18.9 Å². The van der Waals surface area contributed by atoms with E-state index < -0.39 is 28.7 Å². The molecule has 0 fully saturated rings. The lowest BCUT2D eigenvalue weighted by molar-refractivity contribution is -0.510. The van der Waals surface area contributed by atoms with E-state index in [4.69, 9.17) is 0 Å². The number of carbonyl (C=O) groups excluding carboxylic acids is 2. The van der Waals surface area contributed by atoms with Crippen molar-refractivity contribution in [1.82, 2.24) is 5.32 Å². The molecule has 1 aromatic carbocycles. The van der Waals surface area contributed by atoms with Crippen molar-refractivity contribution in [2.24, 2.45) is 0 Å². The summed E-state index contributed by atoms with van der Waals surface area (Å²) in [5.74, 6) is -2.48. The number of nitrogens with zero attached hydrogens (tertiary/aromatic N) is 1. The van der Waals surface area contributed by atoms with Gasteiger partial charge in [0.2, 0.25) is 0 Å². The molecule has 2 amide bonds. The van der Waals surface area contributed by atoms with Crippen LogP contribution in [0.3, 0.4) is 0 Å². The fourth-order valence-corrected chi connectivity index (χ4v) is 1.43. The third-order valence-electron chi connectivity index (χ3n) is 2.21. The Morgan fingerprint density at radius 2 is 2.06 bits per heavy atom. The van der Waals surface area contributed by atoms with Gasteiger partial charge in [0.15, 0.2) is 0 Å². The molecule has 88 valence electrons. The summed E-state index contributed by atoms with van der Waals surface area (Å²) in [6.45, 7) is 0. The molecule has 1 aliphatic heterocycles. The Morgan fingerprint density at radius 1 is 1.35 bits per heavy atom. The van der Waals surface area contributed by atoms with Crippen LogP contribution in [0.25, 0.3) is 0 Å². The molecule has 0 saturated heterocycles. The molecule has 0 bridgehead atoms. The fraction of sp³-hybridized carbons (Fsp3) is 0.111. The largest absolute Gasteiger partial charge is 0.365 e. The molecule has 1 atom stereocenters. The summed E-state index contributed by atoms with van der Waals surface area (Å²) in [6, 6.07) is 3.09. The number of rotatable bonds is 1. The predicted octanol–water partition coefficient (Wildman–Crippen LogP) is 0.110. The first-order valence-corrected chi connectivity index (χ1v) is 4.54. The maximum atomic E-state index is 12.9. The van der Waals surface area contributed by atoms with Crippen molar-refractivity contribution >= 4 is 17.5 Å². The molecule has 2 rings (SSSR count). The molecular weight excluding hydrogens is 233 g/mol. The van der Waals surface area contributed by atoms with E-state index >= 15 is 0 Å². The van der Waals surface area contributed by atoms with Gasteiger partial charge in [-0.3, -0.25) is 25.0 Å². The highest BCUT2D eigenvalue weighted by molar-refractivity contribution is 6.09. The van der Waals surface area contributed by atoms with Crippen molar-refractivity contribution in [3.63, 3.8) is 0 Å². The Morgan fingerprint density at radius 3 is 2.71 bits per heavy atom. The zero-order valence-corrected chi connectivity index (χ0v) is 8.27. The molecule has 0 saturated carbocycles. The number of nitro groups is 1. The molecule has 17 heavy (non-hydrogen) atoms. The van der Waals surface area contributed by atoms with Crippen LogP contribution in [-0.2, 0) is 4.79 Å². The van der Waals surface area contributed by atoms with Crippen molar-refractivity contribution in [3.05, 3.63) is 39.7 Å². The topological polar surface area (TPSA) is 101 Å². The molecule has 1 aromatic rings. The monoisotopic (exact) mass is 239 g/mol. The second kappa shape index (κ2) is 3.81. The number of halogens is 1. The molecule has 0 aliphatic carbocycles. The van der Waals surface area contributed by atoms with Crippen molar-refractivity contribution in [2.75, 3.05) is 5.32 Å². The van der Waals surface area contributed by atoms with Crippen molar-refractivity contribution in [3.8, 4) is 0 Å². The van der Waals surface area contributed by atoms with Gasteiger partial charge in [0.25, 0.3) is 5.91 Å². The average molecular weight is 239 g/mol. The number of carbonyl (C=O) groups is 2. The van der Waals surface area contributed by atoms with Gasteiger partial charge in [-0.25, -0.2) is 4.39 Å². The van der Waals surface area contributed by atoms with E-state index in [1.165, 1.54) is 0 Å². The average Bonchev–Trinajstić information content (AvgIpc) is 2.35. The van der Waals surface area contributed by atoms with Crippen molar-refractivity contribution in [1.29, 1.82) is 0 Å². The number of hydrogen-bond acceptors (Lipinski definition) is 4. The van der Waals surface area contributed by atoms with Crippen LogP contribution in [0.4, 0.5) is 10.1 Å². The number of anilines is 1. The molecule has 0 radical (unpaired) electrons. The fourth-order valence-electron chi connectivity index (χ4n) is 1.43. The van der Waals surface area contributed by atoms with Gasteiger partial charge in [0, 0.05) is 0 Å². The lowest BCUT2D eigenvalue weighted by Gasteiger charge is -2.05. The molecule has 8 heteroatoms. The minimum absolute atomic E-state index is 0.0240. The maximum absolute atomic E-state index is 12.9. The highest BCUT2D eigenvalue weighted by Gasteiger charge is 2.36. The van der Waals surface area contributed by atoms with Gasteiger partial charge in [-0.15, -0.1) is 0 Å². The summed E-state index contributed by atoms with van der Waals surface area (Å²) in [6.07, 6.45) is -1.88. The highest BCUT2D eigenvalue weighted by Crippen LogP contribution is 2.19. The predicted molar refractivity (Wildman–Crippen MR) is 53.3 cm³/mol.